The van der Waals surface area contributed by atoms with Gasteiger partial charge >= 0.3 is 0 Å². The van der Waals surface area contributed by atoms with E-state index in [4.69, 9.17) is 14.7 Å². The molecule has 1 aliphatic heterocycles. The highest BCUT2D eigenvalue weighted by atomic mass is 32.2. The quantitative estimate of drug-likeness (QED) is 0.904. The first kappa shape index (κ1) is 13.8. The number of sulfonamides is 1. The van der Waals surface area contributed by atoms with Crippen molar-refractivity contribution in [1.29, 1.82) is 0 Å². The fourth-order valence-electron chi connectivity index (χ4n) is 1.88. The zero-order valence-corrected chi connectivity index (χ0v) is 11.8. The minimum Gasteiger partial charge on any atom is -0.495 e. The zero-order valence-electron chi connectivity index (χ0n) is 11.0. The molecule has 0 spiro atoms. The normalized spacial score (nSPS) is 17.8. The third kappa shape index (κ3) is 2.87. The second kappa shape index (κ2) is 4.50. The molecule has 0 saturated carbocycles. The lowest BCUT2D eigenvalue weighted by atomic mass is 9.98. The Labute approximate surface area is 112 Å². The van der Waals surface area contributed by atoms with Gasteiger partial charge in [0.25, 0.3) is 0 Å². The van der Waals surface area contributed by atoms with Crippen LogP contribution in [0, 0.1) is 0 Å². The van der Waals surface area contributed by atoms with Crippen molar-refractivity contribution in [3.63, 3.8) is 0 Å². The molecule has 19 heavy (non-hydrogen) atoms. The maximum Gasteiger partial charge on any atom is 0.241 e. The topological polar surface area (TPSA) is 91.0 Å². The number of methoxy groups -OCH3 is 1. The first-order valence-corrected chi connectivity index (χ1v) is 7.24. The number of benzene rings is 1. The van der Waals surface area contributed by atoms with Crippen LogP contribution in [0.15, 0.2) is 28.3 Å². The lowest BCUT2D eigenvalue weighted by Gasteiger charge is -2.13. The second-order valence-electron chi connectivity index (χ2n) is 4.98. The Hall–Kier alpha value is -1.60. The van der Waals surface area contributed by atoms with E-state index in [-0.39, 0.29) is 16.2 Å². The first-order valence-electron chi connectivity index (χ1n) is 5.69. The molecule has 0 atom stereocenters. The largest absolute Gasteiger partial charge is 0.495 e. The van der Waals surface area contributed by atoms with Crippen LogP contribution in [-0.2, 0) is 14.9 Å². The summed E-state index contributed by atoms with van der Waals surface area (Å²) in [5, 5.41) is 9.15. The van der Waals surface area contributed by atoms with Gasteiger partial charge in [-0.05, 0) is 32.0 Å². The van der Waals surface area contributed by atoms with Crippen LogP contribution in [0.1, 0.15) is 25.8 Å². The molecule has 6 nitrogen and oxygen atoms in total. The third-order valence-electron chi connectivity index (χ3n) is 2.80. The van der Waals surface area contributed by atoms with Crippen molar-refractivity contribution in [1.82, 2.24) is 0 Å². The molecule has 1 aromatic rings. The Balaban J connectivity index is 2.46. The van der Waals surface area contributed by atoms with Gasteiger partial charge in [0.2, 0.25) is 10.0 Å². The van der Waals surface area contributed by atoms with E-state index in [1.54, 1.807) is 12.1 Å². The number of hydrogen-bond donors (Lipinski definition) is 1. The number of ether oxygens (including phenoxy) is 1. The van der Waals surface area contributed by atoms with Crippen LogP contribution < -0.4 is 9.88 Å². The van der Waals surface area contributed by atoms with Crippen molar-refractivity contribution >= 4 is 15.7 Å². The van der Waals surface area contributed by atoms with E-state index in [0.717, 1.165) is 0 Å². The van der Waals surface area contributed by atoms with E-state index >= 15 is 0 Å². The Bertz CT molecular complexity index is 635. The predicted octanol–water partition coefficient (Wildman–Crippen LogP) is 1.25. The molecule has 0 saturated heterocycles. The van der Waals surface area contributed by atoms with E-state index < -0.39 is 10.0 Å². The van der Waals surface area contributed by atoms with Crippen LogP contribution >= 0.6 is 0 Å². The summed E-state index contributed by atoms with van der Waals surface area (Å²) in [5.41, 5.74) is 0.977. The van der Waals surface area contributed by atoms with Gasteiger partial charge in [-0.1, -0.05) is 5.16 Å². The van der Waals surface area contributed by atoms with E-state index in [2.05, 4.69) is 5.16 Å². The number of nitrogens with zero attached hydrogens (tertiary/aromatic N) is 1. The first-order chi connectivity index (χ1) is 8.73. The van der Waals surface area contributed by atoms with Gasteiger partial charge in [0, 0.05) is 12.0 Å². The van der Waals surface area contributed by atoms with Crippen molar-refractivity contribution in [2.45, 2.75) is 30.8 Å². The van der Waals surface area contributed by atoms with Gasteiger partial charge in [-0.15, -0.1) is 0 Å². The molecule has 2 rings (SSSR count). The summed E-state index contributed by atoms with van der Waals surface area (Å²) in [7, 11) is -2.46. The minimum absolute atomic E-state index is 0.0556. The fourth-order valence-corrected chi connectivity index (χ4v) is 2.60. The summed E-state index contributed by atoms with van der Waals surface area (Å²) < 4.78 is 28.1. The molecule has 0 aliphatic carbocycles. The summed E-state index contributed by atoms with van der Waals surface area (Å²) in [6.45, 7) is 3.82. The Morgan fingerprint density at radius 2 is 2.11 bits per heavy atom. The van der Waals surface area contributed by atoms with Crippen LogP contribution in [0.3, 0.4) is 0 Å². The average Bonchev–Trinajstić information content (AvgIpc) is 2.68. The molecule has 1 heterocycles. The van der Waals surface area contributed by atoms with Gasteiger partial charge in [-0.2, -0.15) is 0 Å². The highest BCUT2D eigenvalue weighted by molar-refractivity contribution is 7.89. The molecular weight excluding hydrogens is 268 g/mol. The summed E-state index contributed by atoms with van der Waals surface area (Å²) >= 11 is 0. The lowest BCUT2D eigenvalue weighted by molar-refractivity contribution is 0.0123. The van der Waals surface area contributed by atoms with Gasteiger partial charge in [-0.3, -0.25) is 0 Å². The number of rotatable bonds is 3. The molecule has 0 aromatic heterocycles. The van der Waals surface area contributed by atoms with Gasteiger partial charge in [-0.25, -0.2) is 13.6 Å². The lowest BCUT2D eigenvalue weighted by Crippen LogP contribution is -2.19. The van der Waals surface area contributed by atoms with Crippen LogP contribution in [0.2, 0.25) is 0 Å². The van der Waals surface area contributed by atoms with Crippen molar-refractivity contribution in [2.75, 3.05) is 7.11 Å². The molecule has 0 fully saturated rings. The number of oxime groups is 1. The van der Waals surface area contributed by atoms with Crippen molar-refractivity contribution in [2.24, 2.45) is 10.3 Å². The van der Waals surface area contributed by atoms with Gasteiger partial charge < -0.3 is 9.57 Å². The van der Waals surface area contributed by atoms with Gasteiger partial charge in [0.05, 0.1) is 12.8 Å². The van der Waals surface area contributed by atoms with Crippen molar-refractivity contribution < 1.29 is 18.0 Å². The smallest absolute Gasteiger partial charge is 0.241 e. The van der Waals surface area contributed by atoms with Crippen molar-refractivity contribution in [3.8, 4) is 5.75 Å². The van der Waals surface area contributed by atoms with E-state index in [1.165, 1.54) is 13.2 Å². The second-order valence-corrected chi connectivity index (χ2v) is 6.51. The summed E-state index contributed by atoms with van der Waals surface area (Å²) in [5.74, 6) is 0.213. The van der Waals surface area contributed by atoms with Crippen LogP contribution in [0.5, 0.6) is 5.75 Å². The Morgan fingerprint density at radius 3 is 2.58 bits per heavy atom. The molecule has 0 amide bonds. The van der Waals surface area contributed by atoms with Crippen LogP contribution in [0.25, 0.3) is 0 Å². The maximum absolute atomic E-state index is 11.5. The highest BCUT2D eigenvalue weighted by Crippen LogP contribution is 2.29. The zero-order chi connectivity index (χ0) is 14.3. The van der Waals surface area contributed by atoms with Gasteiger partial charge in [0.15, 0.2) is 0 Å². The number of primary sulfonamides is 1. The molecule has 0 unspecified atom stereocenters. The van der Waals surface area contributed by atoms with Gasteiger partial charge in [0.1, 0.15) is 16.2 Å². The average molecular weight is 284 g/mol. The van der Waals surface area contributed by atoms with E-state index in [1.807, 2.05) is 13.8 Å². The van der Waals surface area contributed by atoms with Crippen LogP contribution in [0.4, 0.5) is 0 Å². The molecule has 7 heteroatoms. The molecule has 2 N–H and O–H groups in total. The summed E-state index contributed by atoms with van der Waals surface area (Å²) in [6, 6.07) is 4.75. The third-order valence-corrected chi connectivity index (χ3v) is 3.73. The molecule has 104 valence electrons. The molecule has 0 radical (unpaired) electrons. The molecule has 1 aliphatic rings. The summed E-state index contributed by atoms with van der Waals surface area (Å²) in [4.78, 5) is 5.21. The predicted molar refractivity (Wildman–Crippen MR) is 70.7 cm³/mol. The fraction of sp³-hybridized carbons (Fsp3) is 0.417. The number of hydrogen-bond acceptors (Lipinski definition) is 5. The highest BCUT2D eigenvalue weighted by Gasteiger charge is 2.30. The van der Waals surface area contributed by atoms with Crippen LogP contribution in [-0.4, -0.2) is 26.8 Å². The standard InChI is InChI=1S/C12H16N2O4S/c1-12(2)7-9(14-18-12)8-4-5-10(17-3)11(6-8)19(13,15)16/h4-6H,7H2,1-3H3,(H2,13,15,16). The Kier molecular flexibility index (Phi) is 3.27. The molecule has 1 aromatic carbocycles. The molecule has 0 bridgehead atoms. The van der Waals surface area contributed by atoms with E-state index in [9.17, 15) is 8.42 Å². The minimum atomic E-state index is -3.85. The van der Waals surface area contributed by atoms with Crippen molar-refractivity contribution in [3.05, 3.63) is 23.8 Å². The SMILES string of the molecule is COc1ccc(C2=NOC(C)(C)C2)cc1S(N)(=O)=O. The summed E-state index contributed by atoms with van der Waals surface area (Å²) in [6.07, 6.45) is 0.601. The maximum atomic E-state index is 11.5. The number of nitrogens with two attached hydrogens (primary N) is 1. The monoisotopic (exact) mass is 284 g/mol. The Morgan fingerprint density at radius 1 is 1.42 bits per heavy atom. The molecular formula is C12H16N2O4S. The van der Waals surface area contributed by atoms with E-state index in [0.29, 0.717) is 17.7 Å².